The summed E-state index contributed by atoms with van der Waals surface area (Å²) in [6, 6.07) is 6.32. The highest BCUT2D eigenvalue weighted by Gasteiger charge is 2.29. The lowest BCUT2D eigenvalue weighted by Gasteiger charge is -2.18. The Morgan fingerprint density at radius 1 is 1.36 bits per heavy atom. The second kappa shape index (κ2) is 7.06. The zero-order chi connectivity index (χ0) is 16.1. The molecule has 0 radical (unpaired) electrons. The van der Waals surface area contributed by atoms with Gasteiger partial charge in [-0.1, -0.05) is 38.0 Å². The van der Waals surface area contributed by atoms with Gasteiger partial charge in [0, 0.05) is 12.1 Å². The molecule has 0 bridgehead atoms. The van der Waals surface area contributed by atoms with Crippen molar-refractivity contribution in [3.05, 3.63) is 35.4 Å². The average Bonchev–Trinajstić information content (AvgIpc) is 2.80. The fraction of sp³-hybridized carbons (Fsp3) is 0.438. The second-order valence-corrected chi connectivity index (χ2v) is 5.42. The molecule has 0 saturated carbocycles. The predicted octanol–water partition coefficient (Wildman–Crippen LogP) is 1.40. The summed E-state index contributed by atoms with van der Waals surface area (Å²) in [4.78, 5) is 36.7. The molecule has 1 aliphatic heterocycles. The van der Waals surface area contributed by atoms with E-state index in [-0.39, 0.29) is 12.5 Å². The highest BCUT2D eigenvalue weighted by Crippen LogP contribution is 2.21. The maximum absolute atomic E-state index is 12.2. The highest BCUT2D eigenvalue weighted by molar-refractivity contribution is 6.00. The molecule has 0 saturated heterocycles. The fourth-order valence-corrected chi connectivity index (χ4v) is 2.52. The van der Waals surface area contributed by atoms with Crippen LogP contribution in [0, 0.1) is 0 Å². The smallest absolute Gasteiger partial charge is 0.326 e. The molecule has 0 spiro atoms. The molecule has 0 aromatic heterocycles. The SMILES string of the molecule is CCCC[C@H](NC(=O)CN1Cc2ccccc2C1=O)C(=O)O. The van der Waals surface area contributed by atoms with E-state index in [1.54, 1.807) is 12.1 Å². The Morgan fingerprint density at radius 2 is 2.09 bits per heavy atom. The Labute approximate surface area is 129 Å². The Hall–Kier alpha value is -2.37. The van der Waals surface area contributed by atoms with Gasteiger partial charge >= 0.3 is 5.97 Å². The van der Waals surface area contributed by atoms with E-state index < -0.39 is 17.9 Å². The van der Waals surface area contributed by atoms with Crippen molar-refractivity contribution in [3.63, 3.8) is 0 Å². The Kier molecular flexibility index (Phi) is 5.14. The zero-order valence-electron chi connectivity index (χ0n) is 12.5. The van der Waals surface area contributed by atoms with E-state index in [0.717, 1.165) is 18.4 Å². The summed E-state index contributed by atoms with van der Waals surface area (Å²) < 4.78 is 0. The summed E-state index contributed by atoms with van der Waals surface area (Å²) in [7, 11) is 0. The number of nitrogens with one attached hydrogen (secondary N) is 1. The molecule has 1 aliphatic rings. The molecule has 2 amide bonds. The molecule has 0 unspecified atom stereocenters. The number of benzene rings is 1. The van der Waals surface area contributed by atoms with Crippen LogP contribution in [0.4, 0.5) is 0 Å². The summed E-state index contributed by atoms with van der Waals surface area (Å²) in [6.07, 6.45) is 1.98. The quantitative estimate of drug-likeness (QED) is 0.797. The van der Waals surface area contributed by atoms with E-state index in [1.807, 2.05) is 19.1 Å². The molecule has 2 rings (SSSR count). The molecule has 6 nitrogen and oxygen atoms in total. The van der Waals surface area contributed by atoms with Crippen molar-refractivity contribution < 1.29 is 19.5 Å². The molecular formula is C16H20N2O4. The number of carboxylic acid groups (broad SMARTS) is 1. The first-order valence-corrected chi connectivity index (χ1v) is 7.42. The van der Waals surface area contributed by atoms with Crippen LogP contribution in [0.2, 0.25) is 0 Å². The third-order valence-electron chi connectivity index (χ3n) is 3.71. The Bertz CT molecular complexity index is 585. The first kappa shape index (κ1) is 16.0. The van der Waals surface area contributed by atoms with E-state index in [0.29, 0.717) is 18.5 Å². The van der Waals surface area contributed by atoms with Gasteiger partial charge in [-0.05, 0) is 18.1 Å². The molecule has 1 atom stereocenters. The summed E-state index contributed by atoms with van der Waals surface area (Å²) in [5.74, 6) is -1.67. The number of hydrogen-bond donors (Lipinski definition) is 2. The number of carbonyl (C=O) groups is 3. The normalized spacial score (nSPS) is 14.6. The molecule has 22 heavy (non-hydrogen) atoms. The number of carboxylic acids is 1. The van der Waals surface area contributed by atoms with Crippen molar-refractivity contribution in [2.45, 2.75) is 38.8 Å². The lowest BCUT2D eigenvalue weighted by molar-refractivity contribution is -0.142. The van der Waals surface area contributed by atoms with Crippen molar-refractivity contribution in [1.82, 2.24) is 10.2 Å². The van der Waals surface area contributed by atoms with Crippen LogP contribution in [0.1, 0.15) is 42.1 Å². The number of carbonyl (C=O) groups excluding carboxylic acids is 2. The highest BCUT2D eigenvalue weighted by atomic mass is 16.4. The topological polar surface area (TPSA) is 86.7 Å². The van der Waals surface area contributed by atoms with E-state index >= 15 is 0 Å². The average molecular weight is 304 g/mol. The Balaban J connectivity index is 1.93. The van der Waals surface area contributed by atoms with Crippen LogP contribution in [0.15, 0.2) is 24.3 Å². The molecule has 118 valence electrons. The predicted molar refractivity (Wildman–Crippen MR) is 80.3 cm³/mol. The number of aliphatic carboxylic acids is 1. The summed E-state index contributed by atoms with van der Waals surface area (Å²) >= 11 is 0. The number of hydrogen-bond acceptors (Lipinski definition) is 3. The van der Waals surface area contributed by atoms with Crippen LogP contribution in [-0.4, -0.2) is 40.4 Å². The van der Waals surface area contributed by atoms with Gasteiger partial charge in [-0.3, -0.25) is 9.59 Å². The van der Waals surface area contributed by atoms with Crippen molar-refractivity contribution in [2.24, 2.45) is 0 Å². The minimum Gasteiger partial charge on any atom is -0.480 e. The maximum Gasteiger partial charge on any atom is 0.326 e. The summed E-state index contributed by atoms with van der Waals surface area (Å²) in [5.41, 5.74) is 1.50. The number of rotatable bonds is 7. The van der Waals surface area contributed by atoms with Crippen LogP contribution in [-0.2, 0) is 16.1 Å². The van der Waals surface area contributed by atoms with Crippen LogP contribution >= 0.6 is 0 Å². The van der Waals surface area contributed by atoms with E-state index in [4.69, 9.17) is 5.11 Å². The van der Waals surface area contributed by atoms with Gasteiger partial charge in [0.05, 0.1) is 0 Å². The van der Waals surface area contributed by atoms with Gasteiger partial charge in [-0.2, -0.15) is 0 Å². The zero-order valence-corrected chi connectivity index (χ0v) is 12.5. The molecule has 2 N–H and O–H groups in total. The van der Waals surface area contributed by atoms with E-state index in [9.17, 15) is 14.4 Å². The van der Waals surface area contributed by atoms with Crippen LogP contribution in [0.5, 0.6) is 0 Å². The lowest BCUT2D eigenvalue weighted by Crippen LogP contribution is -2.45. The number of nitrogens with zero attached hydrogens (tertiary/aromatic N) is 1. The standard InChI is InChI=1S/C16H20N2O4/c1-2-3-8-13(16(21)22)17-14(19)10-18-9-11-6-4-5-7-12(11)15(18)20/h4-7,13H,2-3,8-10H2,1H3,(H,17,19)(H,21,22)/t13-/m0/s1. The van der Waals surface area contributed by atoms with Gasteiger partial charge in [-0.15, -0.1) is 0 Å². The van der Waals surface area contributed by atoms with Gasteiger partial charge in [0.1, 0.15) is 12.6 Å². The van der Waals surface area contributed by atoms with E-state index in [1.165, 1.54) is 4.90 Å². The molecule has 6 heteroatoms. The number of fused-ring (bicyclic) bond motifs is 1. The minimum absolute atomic E-state index is 0.122. The van der Waals surface area contributed by atoms with Crippen LogP contribution < -0.4 is 5.32 Å². The number of amides is 2. The van der Waals surface area contributed by atoms with Crippen LogP contribution in [0.3, 0.4) is 0 Å². The summed E-state index contributed by atoms with van der Waals surface area (Å²) in [6.45, 7) is 2.22. The maximum atomic E-state index is 12.2. The van der Waals surface area contributed by atoms with Gasteiger partial charge in [0.25, 0.3) is 5.91 Å². The van der Waals surface area contributed by atoms with Crippen molar-refractivity contribution >= 4 is 17.8 Å². The molecule has 1 heterocycles. The Morgan fingerprint density at radius 3 is 2.73 bits per heavy atom. The molecule has 1 aromatic carbocycles. The fourth-order valence-electron chi connectivity index (χ4n) is 2.52. The molecule has 0 aliphatic carbocycles. The van der Waals surface area contributed by atoms with Gasteiger partial charge in [-0.25, -0.2) is 4.79 Å². The second-order valence-electron chi connectivity index (χ2n) is 5.42. The minimum atomic E-state index is -1.04. The molecule has 0 fully saturated rings. The van der Waals surface area contributed by atoms with Crippen molar-refractivity contribution in [1.29, 1.82) is 0 Å². The third kappa shape index (κ3) is 3.63. The lowest BCUT2D eigenvalue weighted by atomic mass is 10.1. The first-order valence-electron chi connectivity index (χ1n) is 7.42. The molecular weight excluding hydrogens is 284 g/mol. The summed E-state index contributed by atoms with van der Waals surface area (Å²) in [5, 5.41) is 11.6. The van der Waals surface area contributed by atoms with Gasteiger partial charge in [0.2, 0.25) is 5.91 Å². The largest absolute Gasteiger partial charge is 0.480 e. The van der Waals surface area contributed by atoms with Crippen molar-refractivity contribution in [3.8, 4) is 0 Å². The molecule has 1 aromatic rings. The monoisotopic (exact) mass is 304 g/mol. The van der Waals surface area contributed by atoms with Gasteiger partial charge in [0.15, 0.2) is 0 Å². The number of unbranched alkanes of at least 4 members (excludes halogenated alkanes) is 1. The van der Waals surface area contributed by atoms with Gasteiger partial charge < -0.3 is 15.3 Å². The third-order valence-corrected chi connectivity index (χ3v) is 3.71. The van der Waals surface area contributed by atoms with E-state index in [2.05, 4.69) is 5.32 Å². The van der Waals surface area contributed by atoms with Crippen LogP contribution in [0.25, 0.3) is 0 Å². The van der Waals surface area contributed by atoms with Crippen molar-refractivity contribution in [2.75, 3.05) is 6.54 Å². The first-order chi connectivity index (χ1) is 10.5.